The van der Waals surface area contributed by atoms with Gasteiger partial charge in [-0.2, -0.15) is 0 Å². The summed E-state index contributed by atoms with van der Waals surface area (Å²) in [4.78, 5) is 10.3. The highest BCUT2D eigenvalue weighted by molar-refractivity contribution is 14.1. The third-order valence-electron chi connectivity index (χ3n) is 1.11. The van der Waals surface area contributed by atoms with Crippen LogP contribution in [0.1, 0.15) is 10.4 Å². The SMILES string of the molecule is O=C(O)c1cc(F)cc(I)c1. The lowest BCUT2D eigenvalue weighted by atomic mass is 10.2. The van der Waals surface area contributed by atoms with Crippen molar-refractivity contribution in [3.63, 3.8) is 0 Å². The minimum absolute atomic E-state index is 0.0191. The zero-order chi connectivity index (χ0) is 8.43. The van der Waals surface area contributed by atoms with E-state index in [1.165, 1.54) is 12.1 Å². The second-order valence-electron chi connectivity index (χ2n) is 1.96. The molecule has 0 atom stereocenters. The zero-order valence-electron chi connectivity index (χ0n) is 5.34. The normalized spacial score (nSPS) is 9.64. The maximum atomic E-state index is 12.5. The second-order valence-corrected chi connectivity index (χ2v) is 3.21. The molecular weight excluding hydrogens is 262 g/mol. The average molecular weight is 266 g/mol. The molecule has 0 unspecified atom stereocenters. The van der Waals surface area contributed by atoms with Crippen molar-refractivity contribution in [2.75, 3.05) is 0 Å². The van der Waals surface area contributed by atoms with E-state index in [2.05, 4.69) is 0 Å². The van der Waals surface area contributed by atoms with Crippen molar-refractivity contribution in [3.8, 4) is 0 Å². The van der Waals surface area contributed by atoms with Crippen molar-refractivity contribution >= 4 is 28.6 Å². The summed E-state index contributed by atoms with van der Waals surface area (Å²) in [5.41, 5.74) is -0.0191. The molecule has 11 heavy (non-hydrogen) atoms. The van der Waals surface area contributed by atoms with E-state index in [4.69, 9.17) is 5.11 Å². The van der Waals surface area contributed by atoms with Gasteiger partial charge in [0.2, 0.25) is 0 Å². The zero-order valence-corrected chi connectivity index (χ0v) is 7.50. The van der Waals surface area contributed by atoms with Crippen molar-refractivity contribution < 1.29 is 14.3 Å². The molecule has 1 N–H and O–H groups in total. The van der Waals surface area contributed by atoms with Crippen LogP contribution in [0.15, 0.2) is 18.2 Å². The van der Waals surface area contributed by atoms with E-state index in [9.17, 15) is 9.18 Å². The van der Waals surface area contributed by atoms with Crippen LogP contribution in [0.4, 0.5) is 4.39 Å². The van der Waals surface area contributed by atoms with Crippen LogP contribution in [0.25, 0.3) is 0 Å². The van der Waals surface area contributed by atoms with E-state index >= 15 is 0 Å². The molecule has 0 aromatic heterocycles. The quantitative estimate of drug-likeness (QED) is 0.790. The van der Waals surface area contributed by atoms with Gasteiger partial charge in [0.1, 0.15) is 5.82 Å². The fraction of sp³-hybridized carbons (Fsp3) is 0. The van der Waals surface area contributed by atoms with Crippen LogP contribution >= 0.6 is 22.6 Å². The highest BCUT2D eigenvalue weighted by Crippen LogP contribution is 2.10. The Bertz CT molecular complexity index is 278. The summed E-state index contributed by atoms with van der Waals surface area (Å²) in [5.74, 6) is -1.63. The molecule has 0 bridgehead atoms. The molecule has 0 amide bonds. The van der Waals surface area contributed by atoms with E-state index in [-0.39, 0.29) is 5.56 Å². The molecular formula is C7H4FIO2. The standard InChI is InChI=1S/C7H4FIO2/c8-5-1-4(7(10)11)2-6(9)3-5/h1-3H,(H,10,11). The van der Waals surface area contributed by atoms with Gasteiger partial charge in [0.05, 0.1) is 5.56 Å². The Balaban J connectivity index is 3.19. The molecule has 58 valence electrons. The monoisotopic (exact) mass is 266 g/mol. The number of rotatable bonds is 1. The van der Waals surface area contributed by atoms with Gasteiger partial charge in [-0.3, -0.25) is 0 Å². The minimum Gasteiger partial charge on any atom is -0.478 e. The first-order chi connectivity index (χ1) is 5.09. The third kappa shape index (κ3) is 2.14. The summed E-state index contributed by atoms with van der Waals surface area (Å²) in [7, 11) is 0. The second kappa shape index (κ2) is 3.17. The lowest BCUT2D eigenvalue weighted by Gasteiger charge is -1.95. The lowest BCUT2D eigenvalue weighted by molar-refractivity contribution is 0.0696. The summed E-state index contributed by atoms with van der Waals surface area (Å²) < 4.78 is 13.1. The Kier molecular flexibility index (Phi) is 2.43. The van der Waals surface area contributed by atoms with Crippen LogP contribution in [0.2, 0.25) is 0 Å². The number of carboxylic acid groups (broad SMARTS) is 1. The maximum Gasteiger partial charge on any atom is 0.335 e. The largest absolute Gasteiger partial charge is 0.478 e. The molecule has 0 aliphatic rings. The highest BCUT2D eigenvalue weighted by atomic mass is 127. The van der Waals surface area contributed by atoms with Gasteiger partial charge < -0.3 is 5.11 Å². The van der Waals surface area contributed by atoms with Crippen molar-refractivity contribution in [1.82, 2.24) is 0 Å². The van der Waals surface area contributed by atoms with Crippen LogP contribution in [0.5, 0.6) is 0 Å². The van der Waals surface area contributed by atoms with Gasteiger partial charge in [0.15, 0.2) is 0 Å². The summed E-state index contributed by atoms with van der Waals surface area (Å²) in [6, 6.07) is 3.67. The van der Waals surface area contributed by atoms with Crippen molar-refractivity contribution in [1.29, 1.82) is 0 Å². The molecule has 2 nitrogen and oxygen atoms in total. The van der Waals surface area contributed by atoms with E-state index < -0.39 is 11.8 Å². The summed E-state index contributed by atoms with van der Waals surface area (Å²) in [6.07, 6.45) is 0. The number of carboxylic acids is 1. The van der Waals surface area contributed by atoms with E-state index in [1.807, 2.05) is 22.6 Å². The fourth-order valence-electron chi connectivity index (χ4n) is 0.677. The number of hydrogen-bond donors (Lipinski definition) is 1. The molecule has 0 saturated carbocycles. The third-order valence-corrected chi connectivity index (χ3v) is 1.73. The van der Waals surface area contributed by atoms with Crippen molar-refractivity contribution in [2.45, 2.75) is 0 Å². The average Bonchev–Trinajstić information content (AvgIpc) is 1.85. The number of benzene rings is 1. The highest BCUT2D eigenvalue weighted by Gasteiger charge is 2.04. The van der Waals surface area contributed by atoms with E-state index in [1.54, 1.807) is 0 Å². The summed E-state index contributed by atoms with van der Waals surface area (Å²) in [6.45, 7) is 0. The molecule has 0 radical (unpaired) electrons. The molecule has 1 aromatic rings. The lowest BCUT2D eigenvalue weighted by Crippen LogP contribution is -1.97. The first kappa shape index (κ1) is 8.45. The van der Waals surface area contributed by atoms with Crippen LogP contribution in [0, 0.1) is 9.39 Å². The molecule has 0 fully saturated rings. The number of carbonyl (C=O) groups is 1. The Morgan fingerprint density at radius 2 is 2.09 bits per heavy atom. The van der Waals surface area contributed by atoms with Crippen LogP contribution in [0.3, 0.4) is 0 Å². The Hall–Kier alpha value is -0.650. The van der Waals surface area contributed by atoms with Gasteiger partial charge in [-0.15, -0.1) is 0 Å². The van der Waals surface area contributed by atoms with Crippen LogP contribution < -0.4 is 0 Å². The number of aromatic carboxylic acids is 1. The molecule has 1 rings (SSSR count). The van der Waals surface area contributed by atoms with Gasteiger partial charge in [0.25, 0.3) is 0 Å². The van der Waals surface area contributed by atoms with Gasteiger partial charge in [-0.25, -0.2) is 9.18 Å². The smallest absolute Gasteiger partial charge is 0.335 e. The van der Waals surface area contributed by atoms with E-state index in [0.717, 1.165) is 6.07 Å². The predicted molar refractivity (Wildman–Crippen MR) is 46.1 cm³/mol. The van der Waals surface area contributed by atoms with Crippen molar-refractivity contribution in [3.05, 3.63) is 33.1 Å². The molecule has 0 aliphatic heterocycles. The van der Waals surface area contributed by atoms with Crippen molar-refractivity contribution in [2.24, 2.45) is 0 Å². The predicted octanol–water partition coefficient (Wildman–Crippen LogP) is 2.13. The Morgan fingerprint density at radius 3 is 2.55 bits per heavy atom. The Labute approximate surface area is 76.2 Å². The molecule has 0 spiro atoms. The molecule has 0 aliphatic carbocycles. The van der Waals surface area contributed by atoms with Crippen LogP contribution in [-0.4, -0.2) is 11.1 Å². The van der Waals surface area contributed by atoms with Gasteiger partial charge in [-0.1, -0.05) is 0 Å². The molecule has 0 saturated heterocycles. The maximum absolute atomic E-state index is 12.5. The summed E-state index contributed by atoms with van der Waals surface area (Å²) in [5, 5.41) is 8.46. The van der Waals surface area contributed by atoms with Crippen LogP contribution in [-0.2, 0) is 0 Å². The molecule has 0 heterocycles. The molecule has 4 heteroatoms. The van der Waals surface area contributed by atoms with E-state index in [0.29, 0.717) is 3.57 Å². The Morgan fingerprint density at radius 1 is 1.45 bits per heavy atom. The topological polar surface area (TPSA) is 37.3 Å². The van der Waals surface area contributed by atoms with Gasteiger partial charge >= 0.3 is 5.97 Å². The van der Waals surface area contributed by atoms with Gasteiger partial charge in [-0.05, 0) is 40.8 Å². The summed E-state index contributed by atoms with van der Waals surface area (Å²) >= 11 is 1.86. The fourth-order valence-corrected chi connectivity index (χ4v) is 1.31. The number of halogens is 2. The number of hydrogen-bond acceptors (Lipinski definition) is 1. The first-order valence-corrected chi connectivity index (χ1v) is 3.87. The molecule has 1 aromatic carbocycles. The minimum atomic E-state index is -1.11. The first-order valence-electron chi connectivity index (χ1n) is 2.79. The van der Waals surface area contributed by atoms with Gasteiger partial charge in [0, 0.05) is 3.57 Å².